The molecule has 0 amide bonds. The largest absolute Gasteiger partial charge is 0.355 e. The highest BCUT2D eigenvalue weighted by Gasteiger charge is 2.30. The van der Waals surface area contributed by atoms with Gasteiger partial charge in [-0.2, -0.15) is 0 Å². The Hall–Kier alpha value is -6.38. The van der Waals surface area contributed by atoms with Crippen LogP contribution in [0.15, 0.2) is 206 Å². The molecular weight excluding hydrogens is 629 g/mol. The number of anilines is 3. The molecule has 252 valence electrons. The molecule has 2 aliphatic rings. The van der Waals surface area contributed by atoms with Gasteiger partial charge in [0.1, 0.15) is 0 Å². The average Bonchev–Trinajstić information content (AvgIpc) is 3.22. The van der Waals surface area contributed by atoms with E-state index in [4.69, 9.17) is 0 Å². The fourth-order valence-electron chi connectivity index (χ4n) is 7.54. The summed E-state index contributed by atoms with van der Waals surface area (Å²) in [5, 5.41) is 3.65. The predicted molar refractivity (Wildman–Crippen MR) is 223 cm³/mol. The lowest BCUT2D eigenvalue weighted by atomic mass is 9.79. The third-order valence-corrected chi connectivity index (χ3v) is 10.2. The summed E-state index contributed by atoms with van der Waals surface area (Å²) in [6.45, 7) is 7.15. The van der Waals surface area contributed by atoms with Crippen molar-refractivity contribution in [2.24, 2.45) is 0 Å². The molecule has 1 N–H and O–H groups in total. The molecule has 0 spiro atoms. The van der Waals surface area contributed by atoms with Crippen molar-refractivity contribution >= 4 is 22.6 Å². The molecule has 0 aromatic heterocycles. The maximum Gasteiger partial charge on any atom is 0.0457 e. The maximum absolute atomic E-state index is 4.20. The van der Waals surface area contributed by atoms with Crippen LogP contribution in [0.25, 0.3) is 39.0 Å². The van der Waals surface area contributed by atoms with Crippen LogP contribution in [0, 0.1) is 0 Å². The molecule has 1 aliphatic heterocycles. The number of fused-ring (bicyclic) bond motifs is 3. The first kappa shape index (κ1) is 32.8. The van der Waals surface area contributed by atoms with Gasteiger partial charge in [0, 0.05) is 40.8 Å². The molecule has 1 aliphatic carbocycles. The summed E-state index contributed by atoms with van der Waals surface area (Å²) in [4.78, 5) is 2.49. The Morgan fingerprint density at radius 3 is 2.04 bits per heavy atom. The van der Waals surface area contributed by atoms with Crippen molar-refractivity contribution in [2.75, 3.05) is 16.8 Å². The zero-order valence-electron chi connectivity index (χ0n) is 29.5. The van der Waals surface area contributed by atoms with E-state index >= 15 is 0 Å². The smallest absolute Gasteiger partial charge is 0.0457 e. The van der Waals surface area contributed by atoms with Crippen LogP contribution in [-0.4, -0.2) is 6.54 Å². The van der Waals surface area contributed by atoms with Crippen molar-refractivity contribution < 1.29 is 0 Å². The van der Waals surface area contributed by atoms with Crippen molar-refractivity contribution in [3.05, 3.63) is 217 Å². The van der Waals surface area contributed by atoms with Gasteiger partial charge in [0.2, 0.25) is 0 Å². The van der Waals surface area contributed by atoms with E-state index in [9.17, 15) is 0 Å². The lowest BCUT2D eigenvalue weighted by Gasteiger charge is -2.39. The minimum atomic E-state index is 0.375. The van der Waals surface area contributed by atoms with Gasteiger partial charge >= 0.3 is 0 Å². The molecular formula is C50H42N2. The second-order valence-electron chi connectivity index (χ2n) is 13.4. The first-order chi connectivity index (χ1) is 25.7. The van der Waals surface area contributed by atoms with Gasteiger partial charge in [0.25, 0.3) is 0 Å². The molecule has 52 heavy (non-hydrogen) atoms. The van der Waals surface area contributed by atoms with E-state index in [0.29, 0.717) is 5.92 Å². The van der Waals surface area contributed by atoms with Crippen LogP contribution in [0.2, 0.25) is 0 Å². The van der Waals surface area contributed by atoms with Crippen molar-refractivity contribution in [1.29, 1.82) is 0 Å². The molecule has 0 saturated heterocycles. The Morgan fingerprint density at radius 2 is 1.31 bits per heavy atom. The third kappa shape index (κ3) is 6.72. The summed E-state index contributed by atoms with van der Waals surface area (Å²) in [5.41, 5.74) is 16.8. The van der Waals surface area contributed by atoms with Crippen LogP contribution in [-0.2, 0) is 0 Å². The van der Waals surface area contributed by atoms with Gasteiger partial charge in [-0.05, 0) is 112 Å². The lowest BCUT2D eigenvalue weighted by Crippen LogP contribution is -2.29. The SMILES string of the molecule is C=C/C(Nc1ccc(-c2ccccc2)cc1)=C(\C=C/C)c1cccc(-c2ccc3c(c2)C2CC=CC=C2CN3c2cccc(-c3ccccc3)c2)c1. The molecule has 2 heteroatoms. The van der Waals surface area contributed by atoms with Crippen LogP contribution in [0.3, 0.4) is 0 Å². The standard InChI is InChI=1S/C50H42N2/c1-3-15-47(49(4-2)51-44-29-26-38(27-30-44)36-16-7-5-8-17-36)42-23-13-21-39(32-42)41-28-31-50-48(34-41)46-25-12-11-20-43(46)35-52(50)45-24-14-22-40(33-45)37-18-9-6-10-19-37/h3-24,26-34,46,51H,2,25,35H2,1H3/b15-3-,49-47-. The van der Waals surface area contributed by atoms with E-state index in [-0.39, 0.29) is 0 Å². The number of nitrogens with zero attached hydrogens (tertiary/aromatic N) is 1. The van der Waals surface area contributed by atoms with Crippen molar-refractivity contribution in [3.8, 4) is 33.4 Å². The number of hydrogen-bond acceptors (Lipinski definition) is 2. The molecule has 6 aromatic rings. The molecule has 0 bridgehead atoms. The number of benzene rings is 6. The van der Waals surface area contributed by atoms with Crippen molar-refractivity contribution in [1.82, 2.24) is 0 Å². The molecule has 0 saturated carbocycles. The summed E-state index contributed by atoms with van der Waals surface area (Å²) in [6, 6.07) is 54.6. The van der Waals surface area contributed by atoms with Crippen LogP contribution in [0.5, 0.6) is 0 Å². The molecule has 0 fully saturated rings. The Kier molecular flexibility index (Phi) is 9.37. The van der Waals surface area contributed by atoms with E-state index < -0.39 is 0 Å². The summed E-state index contributed by atoms with van der Waals surface area (Å²) in [5.74, 6) is 0.375. The molecule has 2 nitrogen and oxygen atoms in total. The maximum atomic E-state index is 4.20. The van der Waals surface area contributed by atoms with E-state index in [1.54, 1.807) is 0 Å². The fraction of sp³-hybridized carbons (Fsp3) is 0.0800. The van der Waals surface area contributed by atoms with E-state index in [1.807, 2.05) is 12.1 Å². The van der Waals surface area contributed by atoms with Crippen LogP contribution >= 0.6 is 0 Å². The van der Waals surface area contributed by atoms with Gasteiger partial charge in [0.05, 0.1) is 0 Å². The number of allylic oxidation sites excluding steroid dienone is 7. The third-order valence-electron chi connectivity index (χ3n) is 10.2. The van der Waals surface area contributed by atoms with Gasteiger partial charge in [-0.3, -0.25) is 0 Å². The first-order valence-corrected chi connectivity index (χ1v) is 18.1. The summed E-state index contributed by atoms with van der Waals surface area (Å²) in [6.07, 6.45) is 14.1. The highest BCUT2D eigenvalue weighted by Crippen LogP contribution is 2.47. The summed E-state index contributed by atoms with van der Waals surface area (Å²) in [7, 11) is 0. The Bertz CT molecular complexity index is 2340. The molecule has 1 heterocycles. The quantitative estimate of drug-likeness (QED) is 0.154. The molecule has 8 rings (SSSR count). The van der Waals surface area contributed by atoms with Crippen LogP contribution in [0.1, 0.15) is 30.4 Å². The number of nitrogens with one attached hydrogen (secondary N) is 1. The number of hydrogen-bond donors (Lipinski definition) is 1. The summed E-state index contributed by atoms with van der Waals surface area (Å²) >= 11 is 0. The van der Waals surface area contributed by atoms with Crippen LogP contribution < -0.4 is 10.2 Å². The van der Waals surface area contributed by atoms with Crippen molar-refractivity contribution in [2.45, 2.75) is 19.3 Å². The van der Waals surface area contributed by atoms with Gasteiger partial charge in [-0.1, -0.05) is 146 Å². The van der Waals surface area contributed by atoms with Crippen LogP contribution in [0.4, 0.5) is 17.1 Å². The van der Waals surface area contributed by atoms with E-state index in [0.717, 1.165) is 35.5 Å². The minimum absolute atomic E-state index is 0.375. The predicted octanol–water partition coefficient (Wildman–Crippen LogP) is 13.4. The van der Waals surface area contributed by atoms with Gasteiger partial charge < -0.3 is 10.2 Å². The lowest BCUT2D eigenvalue weighted by molar-refractivity contribution is 0.736. The van der Waals surface area contributed by atoms with Gasteiger partial charge in [-0.25, -0.2) is 0 Å². The molecule has 1 unspecified atom stereocenters. The normalized spacial score (nSPS) is 15.4. The topological polar surface area (TPSA) is 15.3 Å². The molecule has 1 atom stereocenters. The first-order valence-electron chi connectivity index (χ1n) is 18.1. The average molecular weight is 671 g/mol. The Labute approximate surface area is 308 Å². The highest BCUT2D eigenvalue weighted by molar-refractivity contribution is 5.85. The second-order valence-corrected chi connectivity index (χ2v) is 13.4. The summed E-state index contributed by atoms with van der Waals surface area (Å²) < 4.78 is 0. The number of rotatable bonds is 9. The molecule has 0 radical (unpaired) electrons. The second kappa shape index (κ2) is 14.8. The zero-order chi connectivity index (χ0) is 35.3. The van der Waals surface area contributed by atoms with Gasteiger partial charge in [0.15, 0.2) is 0 Å². The van der Waals surface area contributed by atoms with E-state index in [2.05, 4.69) is 200 Å². The Morgan fingerprint density at radius 1 is 0.673 bits per heavy atom. The highest BCUT2D eigenvalue weighted by atomic mass is 15.1. The zero-order valence-corrected chi connectivity index (χ0v) is 29.5. The Balaban J connectivity index is 1.13. The minimum Gasteiger partial charge on any atom is -0.355 e. The van der Waals surface area contributed by atoms with Gasteiger partial charge in [-0.15, -0.1) is 0 Å². The fourth-order valence-corrected chi connectivity index (χ4v) is 7.54. The molecule has 6 aromatic carbocycles. The van der Waals surface area contributed by atoms with Crippen molar-refractivity contribution in [3.63, 3.8) is 0 Å². The monoisotopic (exact) mass is 670 g/mol. The van der Waals surface area contributed by atoms with E-state index in [1.165, 1.54) is 55.9 Å².